The van der Waals surface area contributed by atoms with Gasteiger partial charge in [0.2, 0.25) is 0 Å². The molecule has 1 heterocycles. The number of piperidine rings is 1. The first-order chi connectivity index (χ1) is 9.54. The number of phenols is 2. The van der Waals surface area contributed by atoms with E-state index in [1.807, 2.05) is 0 Å². The van der Waals surface area contributed by atoms with Crippen LogP contribution in [-0.4, -0.2) is 41.8 Å². The van der Waals surface area contributed by atoms with Crippen molar-refractivity contribution in [1.29, 1.82) is 0 Å². The van der Waals surface area contributed by atoms with Crippen LogP contribution in [0.15, 0.2) is 18.2 Å². The fourth-order valence-electron chi connectivity index (χ4n) is 2.84. The minimum Gasteiger partial charge on any atom is -0.508 e. The molecule has 1 fully saturated rings. The maximum Gasteiger partial charge on any atom is 0.119 e. The van der Waals surface area contributed by atoms with Crippen molar-refractivity contribution in [2.24, 2.45) is 5.92 Å². The Balaban J connectivity index is 1.76. The molecule has 0 amide bonds. The molecule has 2 rings (SSSR count). The Morgan fingerprint density at radius 2 is 1.80 bits per heavy atom. The number of rotatable bonds is 5. The third kappa shape index (κ3) is 4.39. The van der Waals surface area contributed by atoms with Crippen molar-refractivity contribution in [3.8, 4) is 11.5 Å². The lowest BCUT2D eigenvalue weighted by molar-refractivity contribution is 0.211. The maximum atomic E-state index is 9.50. The van der Waals surface area contributed by atoms with Crippen LogP contribution in [-0.2, 0) is 0 Å². The molecule has 4 heteroatoms. The van der Waals surface area contributed by atoms with E-state index < -0.39 is 0 Å². The quantitative estimate of drug-likeness (QED) is 0.774. The lowest BCUT2D eigenvalue weighted by Crippen LogP contribution is -2.32. The van der Waals surface area contributed by atoms with Crippen LogP contribution >= 0.6 is 0 Å². The summed E-state index contributed by atoms with van der Waals surface area (Å²) in [6, 6.07) is 4.90. The first-order valence-corrected chi connectivity index (χ1v) is 7.49. The zero-order valence-electron chi connectivity index (χ0n) is 12.5. The Kier molecular flexibility index (Phi) is 5.26. The van der Waals surface area contributed by atoms with Gasteiger partial charge in [0.05, 0.1) is 0 Å². The van der Waals surface area contributed by atoms with Crippen molar-refractivity contribution < 1.29 is 10.2 Å². The molecule has 1 unspecified atom stereocenters. The van der Waals surface area contributed by atoms with Gasteiger partial charge in [0, 0.05) is 12.1 Å². The van der Waals surface area contributed by atoms with E-state index in [0.717, 1.165) is 18.0 Å². The number of likely N-dealkylation sites (tertiary alicyclic amines) is 1. The summed E-state index contributed by atoms with van der Waals surface area (Å²) in [5.41, 5.74) is 0.922. The van der Waals surface area contributed by atoms with Crippen molar-refractivity contribution in [1.82, 2.24) is 10.2 Å². The highest BCUT2D eigenvalue weighted by Gasteiger charge is 2.16. The van der Waals surface area contributed by atoms with Gasteiger partial charge in [0.15, 0.2) is 0 Å². The first kappa shape index (κ1) is 15.1. The molecule has 20 heavy (non-hydrogen) atoms. The molecule has 1 aromatic rings. The molecule has 0 aromatic heterocycles. The van der Waals surface area contributed by atoms with Gasteiger partial charge >= 0.3 is 0 Å². The first-order valence-electron chi connectivity index (χ1n) is 7.49. The van der Waals surface area contributed by atoms with Gasteiger partial charge in [-0.2, -0.15) is 0 Å². The van der Waals surface area contributed by atoms with Crippen molar-refractivity contribution >= 4 is 0 Å². The smallest absolute Gasteiger partial charge is 0.119 e. The number of nitrogens with one attached hydrogen (secondary N) is 1. The summed E-state index contributed by atoms with van der Waals surface area (Å²) >= 11 is 0. The second-order valence-electron chi connectivity index (χ2n) is 5.99. The van der Waals surface area contributed by atoms with Gasteiger partial charge in [-0.05, 0) is 76.5 Å². The van der Waals surface area contributed by atoms with E-state index in [9.17, 15) is 10.2 Å². The van der Waals surface area contributed by atoms with Gasteiger partial charge < -0.3 is 20.4 Å². The molecule has 4 nitrogen and oxygen atoms in total. The van der Waals surface area contributed by atoms with E-state index in [4.69, 9.17) is 0 Å². The topological polar surface area (TPSA) is 55.7 Å². The van der Waals surface area contributed by atoms with Crippen molar-refractivity contribution in [3.63, 3.8) is 0 Å². The number of hydrogen-bond acceptors (Lipinski definition) is 4. The molecular weight excluding hydrogens is 252 g/mol. The summed E-state index contributed by atoms with van der Waals surface area (Å²) in [5.74, 6) is 1.05. The lowest BCUT2D eigenvalue weighted by Gasteiger charge is -2.29. The highest BCUT2D eigenvalue weighted by Crippen LogP contribution is 2.25. The predicted octanol–water partition coefficient (Wildman–Crippen LogP) is 2.48. The molecule has 0 radical (unpaired) electrons. The van der Waals surface area contributed by atoms with Crippen molar-refractivity contribution in [3.05, 3.63) is 23.8 Å². The van der Waals surface area contributed by atoms with Crippen molar-refractivity contribution in [2.45, 2.75) is 32.2 Å². The van der Waals surface area contributed by atoms with Crippen LogP contribution in [0, 0.1) is 5.92 Å². The van der Waals surface area contributed by atoms with Crippen LogP contribution < -0.4 is 5.32 Å². The van der Waals surface area contributed by atoms with Crippen LogP contribution in [0.3, 0.4) is 0 Å². The zero-order chi connectivity index (χ0) is 14.5. The van der Waals surface area contributed by atoms with Gasteiger partial charge in [0.1, 0.15) is 11.5 Å². The van der Waals surface area contributed by atoms with Gasteiger partial charge in [-0.3, -0.25) is 0 Å². The van der Waals surface area contributed by atoms with Gasteiger partial charge in [-0.15, -0.1) is 0 Å². The largest absolute Gasteiger partial charge is 0.508 e. The highest BCUT2D eigenvalue weighted by atomic mass is 16.3. The molecule has 1 saturated heterocycles. The summed E-state index contributed by atoms with van der Waals surface area (Å²) in [6.45, 7) is 5.45. The van der Waals surface area contributed by atoms with E-state index in [1.54, 1.807) is 12.1 Å². The van der Waals surface area contributed by atoms with Crippen LogP contribution in [0.5, 0.6) is 11.5 Å². The fraction of sp³-hybridized carbons (Fsp3) is 0.625. The molecule has 112 valence electrons. The minimum atomic E-state index is 0.115. The number of benzene rings is 1. The standard InChI is InChI=1S/C16H26N2O2/c1-12(14-9-15(19)11-16(20)10-14)17-6-3-13-4-7-18(2)8-5-13/h9-13,17,19-20H,3-8H2,1-2H3. The monoisotopic (exact) mass is 278 g/mol. The molecule has 3 N–H and O–H groups in total. The Hall–Kier alpha value is -1.26. The lowest BCUT2D eigenvalue weighted by atomic mass is 9.93. The molecule has 1 aliphatic rings. The van der Waals surface area contributed by atoms with E-state index >= 15 is 0 Å². The summed E-state index contributed by atoms with van der Waals surface area (Å²) in [5, 5.41) is 22.5. The van der Waals surface area contributed by atoms with E-state index in [-0.39, 0.29) is 17.5 Å². The van der Waals surface area contributed by atoms with E-state index in [0.29, 0.717) is 0 Å². The summed E-state index contributed by atoms with van der Waals surface area (Å²) in [7, 11) is 2.19. The van der Waals surface area contributed by atoms with Gasteiger partial charge in [0.25, 0.3) is 0 Å². The molecule has 0 aliphatic carbocycles. The zero-order valence-corrected chi connectivity index (χ0v) is 12.5. The fourth-order valence-corrected chi connectivity index (χ4v) is 2.84. The SMILES string of the molecule is CC(NCCC1CCN(C)CC1)c1cc(O)cc(O)c1. The molecular formula is C16H26N2O2. The third-order valence-corrected chi connectivity index (χ3v) is 4.27. The molecule has 1 atom stereocenters. The second kappa shape index (κ2) is 6.95. The Morgan fingerprint density at radius 3 is 2.40 bits per heavy atom. The van der Waals surface area contributed by atoms with Gasteiger partial charge in [-0.1, -0.05) is 0 Å². The summed E-state index contributed by atoms with van der Waals surface area (Å²) in [6.07, 6.45) is 3.78. The molecule has 0 bridgehead atoms. The number of hydrogen-bond donors (Lipinski definition) is 3. The van der Waals surface area contributed by atoms with Crippen molar-refractivity contribution in [2.75, 3.05) is 26.7 Å². The van der Waals surface area contributed by atoms with Crippen LogP contribution in [0.4, 0.5) is 0 Å². The number of aromatic hydroxyl groups is 2. The summed E-state index contributed by atoms with van der Waals surface area (Å²) in [4.78, 5) is 2.39. The average Bonchev–Trinajstić information content (AvgIpc) is 2.40. The Labute approximate surface area is 121 Å². The second-order valence-corrected chi connectivity index (χ2v) is 5.99. The Morgan fingerprint density at radius 1 is 1.20 bits per heavy atom. The Bertz CT molecular complexity index is 408. The minimum absolute atomic E-state index is 0.115. The molecule has 1 aromatic carbocycles. The van der Waals surface area contributed by atoms with Crippen LogP contribution in [0.25, 0.3) is 0 Å². The van der Waals surface area contributed by atoms with Crippen LogP contribution in [0.2, 0.25) is 0 Å². The third-order valence-electron chi connectivity index (χ3n) is 4.27. The maximum absolute atomic E-state index is 9.50. The number of nitrogens with zero attached hydrogens (tertiary/aromatic N) is 1. The average molecular weight is 278 g/mol. The van der Waals surface area contributed by atoms with E-state index in [2.05, 4.69) is 24.2 Å². The molecule has 1 aliphatic heterocycles. The molecule has 0 saturated carbocycles. The van der Waals surface area contributed by atoms with Crippen LogP contribution in [0.1, 0.15) is 37.8 Å². The van der Waals surface area contributed by atoms with E-state index in [1.165, 1.54) is 38.4 Å². The summed E-state index contributed by atoms with van der Waals surface area (Å²) < 4.78 is 0. The van der Waals surface area contributed by atoms with Gasteiger partial charge in [-0.25, -0.2) is 0 Å². The number of phenolic OH excluding ortho intramolecular Hbond substituents is 2. The highest BCUT2D eigenvalue weighted by molar-refractivity contribution is 5.37. The predicted molar refractivity (Wildman–Crippen MR) is 81.0 cm³/mol. The normalized spacial score (nSPS) is 19.1. The molecule has 0 spiro atoms.